The minimum Gasteiger partial charge on any atom is -0.371 e. The first-order valence-corrected chi connectivity index (χ1v) is 7.34. The molecule has 1 aromatic carbocycles. The molecule has 2 aliphatic heterocycles. The number of hydrogen-bond acceptors (Lipinski definition) is 3. The molecule has 2 aromatic rings. The zero-order valence-corrected chi connectivity index (χ0v) is 11.5. The van der Waals surface area contributed by atoms with E-state index in [0.29, 0.717) is 12.2 Å². The number of nitrogens with zero attached hydrogens (tertiary/aromatic N) is 3. The van der Waals surface area contributed by atoms with E-state index in [9.17, 15) is 0 Å². The van der Waals surface area contributed by atoms with Gasteiger partial charge in [0.2, 0.25) is 0 Å². The van der Waals surface area contributed by atoms with Gasteiger partial charge in [-0.25, -0.2) is 0 Å². The van der Waals surface area contributed by atoms with E-state index >= 15 is 0 Å². The van der Waals surface area contributed by atoms with Crippen LogP contribution in [0.4, 0.5) is 5.82 Å². The van der Waals surface area contributed by atoms with Gasteiger partial charge < -0.3 is 9.64 Å². The Morgan fingerprint density at radius 3 is 2.55 bits per heavy atom. The molecule has 4 rings (SSSR count). The molecule has 2 atom stereocenters. The normalized spacial score (nSPS) is 25.1. The molecule has 2 aliphatic rings. The molecule has 1 aromatic heterocycles. The monoisotopic (exact) mass is 269 g/mol. The largest absolute Gasteiger partial charge is 0.371 e. The maximum absolute atomic E-state index is 5.88. The van der Waals surface area contributed by atoms with E-state index in [1.54, 1.807) is 0 Å². The van der Waals surface area contributed by atoms with Crippen molar-refractivity contribution in [2.75, 3.05) is 18.0 Å². The molecule has 0 aliphatic carbocycles. The summed E-state index contributed by atoms with van der Waals surface area (Å²) < 4.78 is 7.89. The number of hydrogen-bond donors (Lipinski definition) is 0. The van der Waals surface area contributed by atoms with E-state index in [0.717, 1.165) is 25.5 Å². The molecule has 0 amide bonds. The SMILES string of the molecule is c1ccc(Cn2ccc(N3CC4CCC(C3)O4)n2)cc1. The summed E-state index contributed by atoms with van der Waals surface area (Å²) >= 11 is 0. The molecule has 2 bridgehead atoms. The minimum atomic E-state index is 0.410. The zero-order valence-electron chi connectivity index (χ0n) is 11.5. The zero-order chi connectivity index (χ0) is 13.4. The Morgan fingerprint density at radius 1 is 1.05 bits per heavy atom. The summed E-state index contributed by atoms with van der Waals surface area (Å²) in [5.41, 5.74) is 1.28. The third-order valence-electron chi connectivity index (χ3n) is 4.18. The maximum atomic E-state index is 5.88. The smallest absolute Gasteiger partial charge is 0.150 e. The second kappa shape index (κ2) is 4.94. The highest BCUT2D eigenvalue weighted by Crippen LogP contribution is 2.28. The van der Waals surface area contributed by atoms with Gasteiger partial charge in [-0.2, -0.15) is 5.10 Å². The summed E-state index contributed by atoms with van der Waals surface area (Å²) in [6.45, 7) is 2.80. The predicted octanol–water partition coefficient (Wildman–Crippen LogP) is 2.30. The van der Waals surface area contributed by atoms with Crippen LogP contribution in [-0.2, 0) is 11.3 Å². The summed E-state index contributed by atoms with van der Waals surface area (Å²) in [6.07, 6.45) is 5.29. The highest BCUT2D eigenvalue weighted by molar-refractivity contribution is 5.38. The number of anilines is 1. The molecule has 3 heterocycles. The standard InChI is InChI=1S/C16H19N3O/c1-2-4-13(5-3-1)10-19-9-8-16(17-19)18-11-14-6-7-15(12-18)20-14/h1-5,8-9,14-15H,6-7,10-12H2. The van der Waals surface area contributed by atoms with Crippen molar-refractivity contribution < 1.29 is 4.74 Å². The van der Waals surface area contributed by atoms with Crippen LogP contribution in [0, 0.1) is 0 Å². The van der Waals surface area contributed by atoms with E-state index in [-0.39, 0.29) is 0 Å². The van der Waals surface area contributed by atoms with Crippen LogP contribution in [0.2, 0.25) is 0 Å². The van der Waals surface area contributed by atoms with Crippen molar-refractivity contribution in [2.24, 2.45) is 0 Å². The van der Waals surface area contributed by atoms with Gasteiger partial charge in [0.15, 0.2) is 5.82 Å². The van der Waals surface area contributed by atoms with E-state index in [1.165, 1.54) is 18.4 Å². The van der Waals surface area contributed by atoms with Crippen LogP contribution < -0.4 is 4.90 Å². The lowest BCUT2D eigenvalue weighted by molar-refractivity contribution is 0.0302. The Morgan fingerprint density at radius 2 is 1.80 bits per heavy atom. The highest BCUT2D eigenvalue weighted by Gasteiger charge is 2.34. The van der Waals surface area contributed by atoms with Gasteiger partial charge in [-0.1, -0.05) is 30.3 Å². The molecule has 4 nitrogen and oxygen atoms in total. The quantitative estimate of drug-likeness (QED) is 0.856. The lowest BCUT2D eigenvalue weighted by atomic mass is 10.2. The van der Waals surface area contributed by atoms with E-state index in [4.69, 9.17) is 9.84 Å². The first kappa shape index (κ1) is 12.0. The molecule has 2 fully saturated rings. The molecular weight excluding hydrogens is 250 g/mol. The summed E-state index contributed by atoms with van der Waals surface area (Å²) in [4.78, 5) is 2.37. The van der Waals surface area contributed by atoms with Crippen molar-refractivity contribution in [3.63, 3.8) is 0 Å². The van der Waals surface area contributed by atoms with Gasteiger partial charge in [-0.15, -0.1) is 0 Å². The fraction of sp³-hybridized carbons (Fsp3) is 0.438. The average molecular weight is 269 g/mol. The molecule has 0 radical (unpaired) electrons. The predicted molar refractivity (Wildman–Crippen MR) is 77.9 cm³/mol. The lowest BCUT2D eigenvalue weighted by Gasteiger charge is -2.32. The molecule has 20 heavy (non-hydrogen) atoms. The van der Waals surface area contributed by atoms with Crippen LogP contribution >= 0.6 is 0 Å². The van der Waals surface area contributed by atoms with Crippen LogP contribution in [0.15, 0.2) is 42.6 Å². The Bertz CT molecular complexity index is 568. The molecular formula is C16H19N3O. The second-order valence-electron chi connectivity index (χ2n) is 5.72. The summed E-state index contributed by atoms with van der Waals surface area (Å²) in [6, 6.07) is 12.6. The Balaban J connectivity index is 1.48. The topological polar surface area (TPSA) is 30.3 Å². The number of ether oxygens (including phenoxy) is 1. The minimum absolute atomic E-state index is 0.410. The van der Waals surface area contributed by atoms with Gasteiger partial charge in [-0.05, 0) is 18.4 Å². The number of benzene rings is 1. The van der Waals surface area contributed by atoms with Crippen molar-refractivity contribution in [3.05, 3.63) is 48.2 Å². The summed E-state index contributed by atoms with van der Waals surface area (Å²) in [5, 5.41) is 4.71. The highest BCUT2D eigenvalue weighted by atomic mass is 16.5. The third-order valence-corrected chi connectivity index (χ3v) is 4.18. The van der Waals surface area contributed by atoms with Crippen LogP contribution in [0.3, 0.4) is 0 Å². The molecule has 104 valence electrons. The summed E-state index contributed by atoms with van der Waals surface area (Å²) in [7, 11) is 0. The van der Waals surface area contributed by atoms with Crippen LogP contribution in [0.1, 0.15) is 18.4 Å². The van der Waals surface area contributed by atoms with Crippen molar-refractivity contribution in [1.29, 1.82) is 0 Å². The summed E-state index contributed by atoms with van der Waals surface area (Å²) in [5.74, 6) is 1.08. The van der Waals surface area contributed by atoms with Crippen LogP contribution in [0.25, 0.3) is 0 Å². The number of morpholine rings is 1. The first-order chi connectivity index (χ1) is 9.87. The van der Waals surface area contributed by atoms with E-state index < -0.39 is 0 Å². The van der Waals surface area contributed by atoms with Crippen LogP contribution in [0.5, 0.6) is 0 Å². The first-order valence-electron chi connectivity index (χ1n) is 7.34. The fourth-order valence-electron chi connectivity index (χ4n) is 3.18. The van der Waals surface area contributed by atoms with Gasteiger partial charge in [0.1, 0.15) is 0 Å². The van der Waals surface area contributed by atoms with E-state index in [2.05, 4.69) is 41.4 Å². The van der Waals surface area contributed by atoms with Gasteiger partial charge in [0.25, 0.3) is 0 Å². The lowest BCUT2D eigenvalue weighted by Crippen LogP contribution is -2.42. The van der Waals surface area contributed by atoms with Gasteiger partial charge in [0, 0.05) is 25.4 Å². The van der Waals surface area contributed by atoms with Crippen LogP contribution in [-0.4, -0.2) is 35.1 Å². The molecule has 0 spiro atoms. The maximum Gasteiger partial charge on any atom is 0.150 e. The number of fused-ring (bicyclic) bond motifs is 2. The second-order valence-corrected chi connectivity index (χ2v) is 5.72. The van der Waals surface area contributed by atoms with Gasteiger partial charge >= 0.3 is 0 Å². The van der Waals surface area contributed by atoms with Crippen molar-refractivity contribution in [3.8, 4) is 0 Å². The third kappa shape index (κ3) is 2.31. The van der Waals surface area contributed by atoms with Gasteiger partial charge in [-0.3, -0.25) is 4.68 Å². The number of aromatic nitrogens is 2. The van der Waals surface area contributed by atoms with E-state index in [1.807, 2.05) is 10.7 Å². The van der Waals surface area contributed by atoms with Crippen molar-refractivity contribution >= 4 is 5.82 Å². The molecule has 2 saturated heterocycles. The molecule has 2 unspecified atom stereocenters. The van der Waals surface area contributed by atoms with Gasteiger partial charge in [0.05, 0.1) is 18.8 Å². The van der Waals surface area contributed by atoms with Crippen molar-refractivity contribution in [2.45, 2.75) is 31.6 Å². The Labute approximate surface area is 119 Å². The Kier molecular flexibility index (Phi) is 2.96. The molecule has 0 saturated carbocycles. The average Bonchev–Trinajstić information content (AvgIpc) is 3.07. The number of rotatable bonds is 3. The molecule has 4 heteroatoms. The Hall–Kier alpha value is -1.81. The van der Waals surface area contributed by atoms with Crippen molar-refractivity contribution in [1.82, 2.24) is 9.78 Å². The molecule has 0 N–H and O–H groups in total. The fourth-order valence-corrected chi connectivity index (χ4v) is 3.18.